The van der Waals surface area contributed by atoms with Crippen LogP contribution in [-0.4, -0.2) is 29.9 Å². The number of unbranched alkanes of at least 4 members (excludes halogenated alkanes) is 10. The van der Waals surface area contributed by atoms with E-state index < -0.39 is 0 Å². The van der Waals surface area contributed by atoms with E-state index >= 15 is 0 Å². The monoisotopic (exact) mass is 347 g/mol. The molecule has 0 aliphatic heterocycles. The molecule has 0 spiro atoms. The third-order valence-electron chi connectivity index (χ3n) is 4.06. The Kier molecular flexibility index (Phi) is 17.9. The standard InChI is InChI=1S/C18H38BrN/c1-3-5-7-8-9-10-11-12-13-14-17-20(18-15-19)16-6-4-2/h3-18H2,1-2H3. The number of alkyl halides is 1. The molecule has 0 fully saturated rings. The maximum Gasteiger partial charge on any atom is 0.0159 e. The van der Waals surface area contributed by atoms with E-state index in [1.165, 1.54) is 96.7 Å². The van der Waals surface area contributed by atoms with Gasteiger partial charge in [-0.3, -0.25) is 0 Å². The molecule has 0 rings (SSSR count). The van der Waals surface area contributed by atoms with E-state index in [4.69, 9.17) is 0 Å². The fourth-order valence-electron chi connectivity index (χ4n) is 2.66. The molecule has 0 aliphatic rings. The third-order valence-corrected chi connectivity index (χ3v) is 4.41. The Morgan fingerprint density at radius 3 is 1.50 bits per heavy atom. The van der Waals surface area contributed by atoms with E-state index in [-0.39, 0.29) is 0 Å². The molecule has 122 valence electrons. The second kappa shape index (κ2) is 17.5. The summed E-state index contributed by atoms with van der Waals surface area (Å²) >= 11 is 3.57. The first kappa shape index (κ1) is 20.4. The van der Waals surface area contributed by atoms with Crippen molar-refractivity contribution in [3.05, 3.63) is 0 Å². The number of nitrogens with zero attached hydrogens (tertiary/aromatic N) is 1. The van der Waals surface area contributed by atoms with Crippen molar-refractivity contribution in [1.82, 2.24) is 4.90 Å². The summed E-state index contributed by atoms with van der Waals surface area (Å²) in [6.45, 7) is 8.39. The highest BCUT2D eigenvalue weighted by atomic mass is 79.9. The van der Waals surface area contributed by atoms with Crippen molar-refractivity contribution >= 4 is 15.9 Å². The molecule has 2 heteroatoms. The Morgan fingerprint density at radius 1 is 0.550 bits per heavy atom. The summed E-state index contributed by atoms with van der Waals surface area (Å²) in [6.07, 6.45) is 17.0. The molecule has 20 heavy (non-hydrogen) atoms. The van der Waals surface area contributed by atoms with Crippen molar-refractivity contribution < 1.29 is 0 Å². The first-order valence-electron chi connectivity index (χ1n) is 9.13. The van der Waals surface area contributed by atoms with Crippen molar-refractivity contribution in [2.24, 2.45) is 0 Å². The second-order valence-electron chi connectivity index (χ2n) is 6.07. The molecule has 0 amide bonds. The van der Waals surface area contributed by atoms with E-state index in [1.54, 1.807) is 0 Å². The maximum atomic E-state index is 3.57. The predicted molar refractivity (Wildman–Crippen MR) is 97.0 cm³/mol. The molecule has 0 heterocycles. The van der Waals surface area contributed by atoms with Gasteiger partial charge in [-0.2, -0.15) is 0 Å². The van der Waals surface area contributed by atoms with Crippen LogP contribution in [0, 0.1) is 0 Å². The van der Waals surface area contributed by atoms with E-state index in [0.717, 1.165) is 5.33 Å². The molecule has 0 saturated carbocycles. The van der Waals surface area contributed by atoms with Gasteiger partial charge in [0.15, 0.2) is 0 Å². The quantitative estimate of drug-likeness (QED) is 0.230. The molecule has 1 nitrogen and oxygen atoms in total. The van der Waals surface area contributed by atoms with Crippen LogP contribution in [0.25, 0.3) is 0 Å². The Balaban J connectivity index is 3.27. The normalized spacial score (nSPS) is 11.4. The van der Waals surface area contributed by atoms with Crippen molar-refractivity contribution in [3.63, 3.8) is 0 Å². The minimum absolute atomic E-state index is 1.12. The first-order chi connectivity index (χ1) is 9.85. The molecule has 0 aliphatic carbocycles. The minimum atomic E-state index is 1.12. The molecular weight excluding hydrogens is 310 g/mol. The predicted octanol–water partition coefficient (Wildman–Crippen LogP) is 6.40. The lowest BCUT2D eigenvalue weighted by Crippen LogP contribution is -2.28. The molecule has 0 aromatic heterocycles. The van der Waals surface area contributed by atoms with Gasteiger partial charge in [0.1, 0.15) is 0 Å². The van der Waals surface area contributed by atoms with Crippen molar-refractivity contribution in [1.29, 1.82) is 0 Å². The van der Waals surface area contributed by atoms with E-state index in [0.29, 0.717) is 0 Å². The van der Waals surface area contributed by atoms with Crippen LogP contribution in [0.5, 0.6) is 0 Å². The summed E-state index contributed by atoms with van der Waals surface area (Å²) in [5.41, 5.74) is 0. The van der Waals surface area contributed by atoms with Gasteiger partial charge in [0.2, 0.25) is 0 Å². The minimum Gasteiger partial charge on any atom is -0.303 e. The zero-order valence-corrected chi connectivity index (χ0v) is 15.7. The average molecular weight is 348 g/mol. The highest BCUT2D eigenvalue weighted by Crippen LogP contribution is 2.11. The molecule has 0 saturated heterocycles. The van der Waals surface area contributed by atoms with Crippen LogP contribution >= 0.6 is 15.9 Å². The molecule has 0 bridgehead atoms. The third kappa shape index (κ3) is 14.8. The van der Waals surface area contributed by atoms with E-state index in [1.807, 2.05) is 0 Å². The number of hydrogen-bond acceptors (Lipinski definition) is 1. The molecule has 0 radical (unpaired) electrons. The number of rotatable bonds is 16. The summed E-state index contributed by atoms with van der Waals surface area (Å²) in [5, 5.41) is 1.12. The summed E-state index contributed by atoms with van der Waals surface area (Å²) in [7, 11) is 0. The Bertz CT molecular complexity index is 173. The van der Waals surface area contributed by atoms with Gasteiger partial charge in [-0.25, -0.2) is 0 Å². The summed E-state index contributed by atoms with van der Waals surface area (Å²) in [5.74, 6) is 0. The maximum absolute atomic E-state index is 3.57. The smallest absolute Gasteiger partial charge is 0.0159 e. The number of hydrogen-bond donors (Lipinski definition) is 0. The highest BCUT2D eigenvalue weighted by Gasteiger charge is 2.02. The molecule has 0 atom stereocenters. The zero-order valence-electron chi connectivity index (χ0n) is 14.1. The van der Waals surface area contributed by atoms with Gasteiger partial charge in [-0.1, -0.05) is 94.0 Å². The van der Waals surface area contributed by atoms with Gasteiger partial charge < -0.3 is 4.90 Å². The van der Waals surface area contributed by atoms with Crippen LogP contribution in [0.2, 0.25) is 0 Å². The van der Waals surface area contributed by atoms with Crippen LogP contribution in [0.3, 0.4) is 0 Å². The summed E-state index contributed by atoms with van der Waals surface area (Å²) in [4.78, 5) is 2.63. The van der Waals surface area contributed by atoms with Crippen molar-refractivity contribution in [2.75, 3.05) is 25.0 Å². The largest absolute Gasteiger partial charge is 0.303 e. The summed E-state index contributed by atoms with van der Waals surface area (Å²) in [6, 6.07) is 0. The van der Waals surface area contributed by atoms with Gasteiger partial charge in [0.05, 0.1) is 0 Å². The zero-order chi connectivity index (χ0) is 14.9. The lowest BCUT2D eigenvalue weighted by molar-refractivity contribution is 0.279. The highest BCUT2D eigenvalue weighted by molar-refractivity contribution is 9.09. The van der Waals surface area contributed by atoms with Gasteiger partial charge in [0, 0.05) is 11.9 Å². The molecular formula is C18H38BrN. The average Bonchev–Trinajstić information content (AvgIpc) is 2.46. The lowest BCUT2D eigenvalue weighted by atomic mass is 10.1. The molecule has 0 aromatic carbocycles. The Morgan fingerprint density at radius 2 is 1.00 bits per heavy atom. The van der Waals surface area contributed by atoms with Gasteiger partial charge in [0.25, 0.3) is 0 Å². The number of halogens is 1. The van der Waals surface area contributed by atoms with Crippen LogP contribution < -0.4 is 0 Å². The SMILES string of the molecule is CCCCCCCCCCCCN(CCBr)CCCC. The van der Waals surface area contributed by atoms with Gasteiger partial charge in [-0.05, 0) is 25.9 Å². The van der Waals surface area contributed by atoms with Crippen molar-refractivity contribution in [2.45, 2.75) is 90.9 Å². The lowest BCUT2D eigenvalue weighted by Gasteiger charge is -2.20. The van der Waals surface area contributed by atoms with E-state index in [9.17, 15) is 0 Å². The Labute approximate surface area is 137 Å². The molecule has 0 unspecified atom stereocenters. The fraction of sp³-hybridized carbons (Fsp3) is 1.00. The van der Waals surface area contributed by atoms with Crippen LogP contribution in [0.4, 0.5) is 0 Å². The second-order valence-corrected chi connectivity index (χ2v) is 6.86. The van der Waals surface area contributed by atoms with Crippen LogP contribution in [0.15, 0.2) is 0 Å². The fourth-order valence-corrected chi connectivity index (χ4v) is 3.16. The topological polar surface area (TPSA) is 3.24 Å². The first-order valence-corrected chi connectivity index (χ1v) is 10.3. The van der Waals surface area contributed by atoms with E-state index in [2.05, 4.69) is 34.7 Å². The summed E-state index contributed by atoms with van der Waals surface area (Å²) < 4.78 is 0. The van der Waals surface area contributed by atoms with Gasteiger partial charge >= 0.3 is 0 Å². The van der Waals surface area contributed by atoms with Crippen LogP contribution in [-0.2, 0) is 0 Å². The van der Waals surface area contributed by atoms with Gasteiger partial charge in [-0.15, -0.1) is 0 Å². The van der Waals surface area contributed by atoms with Crippen LogP contribution in [0.1, 0.15) is 90.9 Å². The van der Waals surface area contributed by atoms with Crippen molar-refractivity contribution in [3.8, 4) is 0 Å². The molecule has 0 N–H and O–H groups in total. The molecule has 0 aromatic rings. The Hall–Kier alpha value is 0.440.